The fraction of sp³-hybridized carbons (Fsp3) is 0.333. The number of hydrogen-bond acceptors (Lipinski definition) is 5. The van der Waals surface area contributed by atoms with Crippen molar-refractivity contribution in [3.05, 3.63) is 47.3 Å². The molecule has 0 radical (unpaired) electrons. The van der Waals surface area contributed by atoms with Gasteiger partial charge in [0.25, 0.3) is 0 Å². The first-order chi connectivity index (χ1) is 10.5. The van der Waals surface area contributed by atoms with Gasteiger partial charge < -0.3 is 15.8 Å². The van der Waals surface area contributed by atoms with E-state index in [1.165, 1.54) is 19.5 Å². The number of methoxy groups -OCH3 is 1. The summed E-state index contributed by atoms with van der Waals surface area (Å²) in [6.45, 7) is 2.90. The first kappa shape index (κ1) is 16.1. The molecule has 2 aromatic rings. The van der Waals surface area contributed by atoms with Crippen LogP contribution in [0, 0.1) is 11.6 Å². The van der Waals surface area contributed by atoms with Crippen LogP contribution in [-0.4, -0.2) is 23.6 Å². The largest absolute Gasteiger partial charge is 0.481 e. The maximum Gasteiger partial charge on any atom is 0.222 e. The normalized spacial score (nSPS) is 12.2. The number of rotatable bonds is 6. The van der Waals surface area contributed by atoms with Gasteiger partial charge in [0.1, 0.15) is 12.1 Å². The van der Waals surface area contributed by atoms with Gasteiger partial charge in [0.2, 0.25) is 5.88 Å². The zero-order valence-corrected chi connectivity index (χ0v) is 12.4. The van der Waals surface area contributed by atoms with E-state index in [0.29, 0.717) is 30.4 Å². The number of ether oxygens (including phenoxy) is 1. The fourth-order valence-electron chi connectivity index (χ4n) is 2.10. The Morgan fingerprint density at radius 3 is 2.73 bits per heavy atom. The third-order valence-electron chi connectivity index (χ3n) is 3.40. The molecule has 0 aliphatic rings. The van der Waals surface area contributed by atoms with Crippen LogP contribution in [0.15, 0.2) is 24.5 Å². The lowest BCUT2D eigenvalue weighted by atomic mass is 10.0. The summed E-state index contributed by atoms with van der Waals surface area (Å²) in [5.74, 6) is -0.915. The van der Waals surface area contributed by atoms with E-state index in [4.69, 9.17) is 10.5 Å². The van der Waals surface area contributed by atoms with Gasteiger partial charge in [0.15, 0.2) is 11.6 Å². The van der Waals surface area contributed by atoms with E-state index in [1.807, 2.05) is 6.92 Å². The van der Waals surface area contributed by atoms with E-state index in [0.717, 1.165) is 11.6 Å². The Hall–Kier alpha value is -2.28. The summed E-state index contributed by atoms with van der Waals surface area (Å²) in [5, 5.41) is 3.19. The second-order valence-corrected chi connectivity index (χ2v) is 4.95. The lowest BCUT2D eigenvalue weighted by Crippen LogP contribution is -2.21. The van der Waals surface area contributed by atoms with Crippen molar-refractivity contribution in [1.29, 1.82) is 0 Å². The van der Waals surface area contributed by atoms with Crippen molar-refractivity contribution in [2.75, 3.05) is 19.4 Å². The van der Waals surface area contributed by atoms with Crippen LogP contribution in [-0.2, 0) is 6.54 Å². The van der Waals surface area contributed by atoms with E-state index >= 15 is 0 Å². The molecular formula is C15H18F2N4O. The summed E-state index contributed by atoms with van der Waals surface area (Å²) in [7, 11) is 1.51. The zero-order chi connectivity index (χ0) is 16.1. The van der Waals surface area contributed by atoms with Crippen molar-refractivity contribution in [1.82, 2.24) is 15.3 Å². The highest BCUT2D eigenvalue weighted by Crippen LogP contribution is 2.20. The van der Waals surface area contributed by atoms with Gasteiger partial charge in [-0.15, -0.1) is 0 Å². The number of nitrogens with zero attached hydrogens (tertiary/aromatic N) is 2. The summed E-state index contributed by atoms with van der Waals surface area (Å²) in [4.78, 5) is 7.91. The molecule has 0 aliphatic heterocycles. The number of nitrogens with one attached hydrogen (secondary N) is 1. The monoisotopic (exact) mass is 308 g/mol. The minimum atomic E-state index is -0.845. The van der Waals surface area contributed by atoms with Gasteiger partial charge in [-0.05, 0) is 23.6 Å². The molecule has 0 saturated heterocycles. The van der Waals surface area contributed by atoms with E-state index in [1.54, 1.807) is 6.07 Å². The number of anilines is 1. The average Bonchev–Trinajstić information content (AvgIpc) is 2.51. The maximum absolute atomic E-state index is 13.2. The lowest BCUT2D eigenvalue weighted by Gasteiger charge is -2.15. The Balaban J connectivity index is 1.97. The molecule has 1 atom stereocenters. The number of benzene rings is 1. The molecule has 5 nitrogen and oxygen atoms in total. The Morgan fingerprint density at radius 1 is 1.27 bits per heavy atom. The van der Waals surface area contributed by atoms with Crippen LogP contribution in [0.5, 0.6) is 5.88 Å². The molecule has 1 heterocycles. The quantitative estimate of drug-likeness (QED) is 0.856. The van der Waals surface area contributed by atoms with Gasteiger partial charge in [-0.2, -0.15) is 0 Å². The van der Waals surface area contributed by atoms with E-state index in [-0.39, 0.29) is 5.92 Å². The van der Waals surface area contributed by atoms with Crippen LogP contribution >= 0.6 is 0 Å². The summed E-state index contributed by atoms with van der Waals surface area (Å²) in [5.41, 5.74) is 7.19. The van der Waals surface area contributed by atoms with Crippen molar-refractivity contribution >= 4 is 5.82 Å². The Kier molecular flexibility index (Phi) is 5.21. The van der Waals surface area contributed by atoms with Gasteiger partial charge in [-0.25, -0.2) is 18.7 Å². The second-order valence-electron chi connectivity index (χ2n) is 4.95. The molecule has 0 fully saturated rings. The zero-order valence-electron chi connectivity index (χ0n) is 12.4. The molecule has 0 amide bonds. The van der Waals surface area contributed by atoms with Crippen LogP contribution in [0.25, 0.3) is 0 Å². The Bertz CT molecular complexity index is 651. The van der Waals surface area contributed by atoms with E-state index in [9.17, 15) is 8.78 Å². The Labute approximate surface area is 127 Å². The van der Waals surface area contributed by atoms with Crippen molar-refractivity contribution < 1.29 is 13.5 Å². The first-order valence-corrected chi connectivity index (χ1v) is 6.82. The van der Waals surface area contributed by atoms with Crippen LogP contribution in [0.4, 0.5) is 14.6 Å². The summed E-state index contributed by atoms with van der Waals surface area (Å²) in [6.07, 6.45) is 1.33. The molecule has 0 spiro atoms. The van der Waals surface area contributed by atoms with Crippen LogP contribution in [0.2, 0.25) is 0 Å². The highest BCUT2D eigenvalue weighted by Gasteiger charge is 2.12. The highest BCUT2D eigenvalue weighted by atomic mass is 19.2. The van der Waals surface area contributed by atoms with Crippen LogP contribution < -0.4 is 15.8 Å². The van der Waals surface area contributed by atoms with Gasteiger partial charge in [0, 0.05) is 13.1 Å². The smallest absolute Gasteiger partial charge is 0.222 e. The maximum atomic E-state index is 13.2. The predicted molar refractivity (Wildman–Crippen MR) is 79.5 cm³/mol. The van der Waals surface area contributed by atoms with Gasteiger partial charge >= 0.3 is 0 Å². The summed E-state index contributed by atoms with van der Waals surface area (Å²) in [6, 6.07) is 3.92. The van der Waals surface area contributed by atoms with E-state index < -0.39 is 11.6 Å². The van der Waals surface area contributed by atoms with Crippen LogP contribution in [0.3, 0.4) is 0 Å². The number of aromatic nitrogens is 2. The van der Waals surface area contributed by atoms with Gasteiger partial charge in [-0.1, -0.05) is 13.0 Å². The Morgan fingerprint density at radius 2 is 2.05 bits per heavy atom. The molecule has 22 heavy (non-hydrogen) atoms. The minimum absolute atomic E-state index is 0.00644. The van der Waals surface area contributed by atoms with Crippen LogP contribution in [0.1, 0.15) is 24.0 Å². The third-order valence-corrected chi connectivity index (χ3v) is 3.40. The average molecular weight is 308 g/mol. The predicted octanol–water partition coefficient (Wildman–Crippen LogP) is 2.24. The highest BCUT2D eigenvalue weighted by molar-refractivity contribution is 5.44. The first-order valence-electron chi connectivity index (χ1n) is 6.82. The van der Waals surface area contributed by atoms with Gasteiger partial charge in [0.05, 0.1) is 12.7 Å². The molecule has 1 aromatic carbocycles. The number of halogens is 2. The molecule has 0 aliphatic carbocycles. The molecule has 1 unspecified atom stereocenters. The lowest BCUT2D eigenvalue weighted by molar-refractivity contribution is 0.389. The summed E-state index contributed by atoms with van der Waals surface area (Å²) < 4.78 is 31.3. The number of nitrogens with two attached hydrogens (primary N) is 1. The number of nitrogen functional groups attached to an aromatic ring is 1. The molecule has 118 valence electrons. The topological polar surface area (TPSA) is 73.1 Å². The molecule has 0 saturated carbocycles. The standard InChI is InChI=1S/C15H18F2N4O/c1-9(10-3-4-12(16)13(17)5-10)6-19-7-11-14(18)20-8-21-15(11)22-2/h3-5,8-9,19H,6-7H2,1-2H3,(H2,18,20,21). The SMILES string of the molecule is COc1ncnc(N)c1CNCC(C)c1ccc(F)c(F)c1. The molecule has 0 bridgehead atoms. The molecule has 2 rings (SSSR count). The van der Waals surface area contributed by atoms with Crippen molar-refractivity contribution in [2.45, 2.75) is 19.4 Å². The molecular weight excluding hydrogens is 290 g/mol. The second kappa shape index (κ2) is 7.13. The summed E-state index contributed by atoms with van der Waals surface area (Å²) >= 11 is 0. The fourth-order valence-corrected chi connectivity index (χ4v) is 2.10. The minimum Gasteiger partial charge on any atom is -0.481 e. The molecule has 3 N–H and O–H groups in total. The van der Waals surface area contributed by atoms with Gasteiger partial charge in [-0.3, -0.25) is 0 Å². The molecule has 1 aromatic heterocycles. The van der Waals surface area contributed by atoms with Crippen molar-refractivity contribution in [3.8, 4) is 5.88 Å². The van der Waals surface area contributed by atoms with E-state index in [2.05, 4.69) is 15.3 Å². The van der Waals surface area contributed by atoms with Crippen molar-refractivity contribution in [3.63, 3.8) is 0 Å². The molecule has 7 heteroatoms. The number of hydrogen-bond donors (Lipinski definition) is 2. The van der Waals surface area contributed by atoms with Crippen molar-refractivity contribution in [2.24, 2.45) is 0 Å². The third kappa shape index (κ3) is 3.67.